The first-order chi connectivity index (χ1) is 27.1. The Kier molecular flexibility index (Phi) is 7.76. The molecule has 2 atom stereocenters. The molecule has 0 fully saturated rings. The van der Waals surface area contributed by atoms with E-state index < -0.39 is 137 Å². The largest absolute Gasteiger partial charge is 0.339 e. The summed E-state index contributed by atoms with van der Waals surface area (Å²) in [5, 5.41) is -0.0588. The SMILES string of the molecule is Fc1c(F)c(F)c(C23OC(c4c(F)c(F)c(F)c(F)c4F)(c4c(F)c(F)c(F)c(F)c42)c2c3c(-c3ccccc3)c3ccccc3c2-c2ccccc2)c(F)c1F. The molecule has 2 aliphatic heterocycles. The lowest BCUT2D eigenvalue weighted by atomic mass is 9.63. The molecule has 2 bridgehead atoms. The molecule has 0 N–H and O–H groups in total. The van der Waals surface area contributed by atoms with E-state index in [1.165, 1.54) is 84.9 Å². The molecule has 1 nitrogen and oxygen atoms in total. The molecule has 9 rings (SSSR count). The highest BCUT2D eigenvalue weighted by molar-refractivity contribution is 6.10. The van der Waals surface area contributed by atoms with E-state index in [2.05, 4.69) is 0 Å². The summed E-state index contributed by atoms with van der Waals surface area (Å²) in [6, 6.07) is 19.1. The van der Waals surface area contributed by atoms with E-state index in [4.69, 9.17) is 4.74 Å². The van der Waals surface area contributed by atoms with E-state index >= 15 is 52.7 Å². The molecule has 2 unspecified atom stereocenters. The van der Waals surface area contributed by atoms with Gasteiger partial charge in [0.25, 0.3) is 0 Å². The fourth-order valence-electron chi connectivity index (χ4n) is 8.36. The second kappa shape index (κ2) is 12.1. The molecule has 0 spiro atoms. The molecule has 7 aromatic carbocycles. The lowest BCUT2D eigenvalue weighted by molar-refractivity contribution is -0.0359. The Hall–Kier alpha value is -6.22. The zero-order valence-corrected chi connectivity index (χ0v) is 27.8. The van der Waals surface area contributed by atoms with Gasteiger partial charge in [0.2, 0.25) is 11.6 Å². The zero-order valence-electron chi connectivity index (χ0n) is 27.8. The Morgan fingerprint density at radius 1 is 0.263 bits per heavy atom. The Morgan fingerprint density at radius 2 is 0.509 bits per heavy atom. The summed E-state index contributed by atoms with van der Waals surface area (Å²) in [6.07, 6.45) is 0. The molecule has 2 aliphatic rings. The maximum absolute atomic E-state index is 16.8. The van der Waals surface area contributed by atoms with E-state index in [9.17, 15) is 8.78 Å². The van der Waals surface area contributed by atoms with Gasteiger partial charge in [-0.05, 0) is 33.0 Å². The molecule has 57 heavy (non-hydrogen) atoms. The maximum atomic E-state index is 16.8. The van der Waals surface area contributed by atoms with Crippen molar-refractivity contribution in [1.82, 2.24) is 0 Å². The van der Waals surface area contributed by atoms with Crippen LogP contribution in [0.5, 0.6) is 0 Å². The van der Waals surface area contributed by atoms with E-state index in [0.29, 0.717) is 0 Å². The minimum absolute atomic E-state index is 0.0294. The predicted octanol–water partition coefficient (Wildman–Crippen LogP) is 12.0. The first kappa shape index (κ1) is 36.4. The normalized spacial score (nSPS) is 18.1. The summed E-state index contributed by atoms with van der Waals surface area (Å²) in [5.41, 5.74) is -19.3. The number of halogens is 14. The highest BCUT2D eigenvalue weighted by Crippen LogP contribution is 2.72. The van der Waals surface area contributed by atoms with Gasteiger partial charge < -0.3 is 4.74 Å². The monoisotopic (exact) mass is 800 g/mol. The molecule has 0 radical (unpaired) electrons. The molecular formula is C42H14F14O. The summed E-state index contributed by atoms with van der Waals surface area (Å²) < 4.78 is 228. The lowest BCUT2D eigenvalue weighted by Crippen LogP contribution is -2.35. The van der Waals surface area contributed by atoms with Gasteiger partial charge in [-0.2, -0.15) is 0 Å². The molecule has 286 valence electrons. The van der Waals surface area contributed by atoms with E-state index in [1.54, 1.807) is 0 Å². The standard InChI is InChI=1S/C42H14F14O/c43-27-23-24(28(44)34(50)33(27)49)42(26-31(47)37(53)40(56)38(54)32(26)48)22-20(16-11-5-2-6-12-16)18-14-8-7-13-17(18)19(15-9-3-1-4-10-15)21(22)41(23,57-42)25-29(45)35(51)39(55)36(52)30(25)46/h1-14H. The van der Waals surface area contributed by atoms with Crippen LogP contribution >= 0.6 is 0 Å². The molecule has 7 aromatic rings. The van der Waals surface area contributed by atoms with Crippen molar-refractivity contribution in [2.45, 2.75) is 11.2 Å². The highest BCUT2D eigenvalue weighted by Gasteiger charge is 2.72. The number of hydrogen-bond donors (Lipinski definition) is 0. The summed E-state index contributed by atoms with van der Waals surface area (Å²) >= 11 is 0. The molecule has 0 amide bonds. The predicted molar refractivity (Wildman–Crippen MR) is 174 cm³/mol. The van der Waals surface area contributed by atoms with E-state index in [1.807, 2.05) is 0 Å². The molecule has 15 heteroatoms. The topological polar surface area (TPSA) is 9.23 Å². The van der Waals surface area contributed by atoms with Crippen molar-refractivity contribution in [2.24, 2.45) is 0 Å². The van der Waals surface area contributed by atoms with Gasteiger partial charge in [-0.15, -0.1) is 0 Å². The smallest absolute Gasteiger partial charge is 0.200 e. The number of hydrogen-bond acceptors (Lipinski definition) is 1. The van der Waals surface area contributed by atoms with Gasteiger partial charge in [0.15, 0.2) is 81.0 Å². The Morgan fingerprint density at radius 3 is 0.807 bits per heavy atom. The average Bonchev–Trinajstić information content (AvgIpc) is 3.69. The third-order valence-electron chi connectivity index (χ3n) is 10.4. The van der Waals surface area contributed by atoms with Crippen LogP contribution in [0.2, 0.25) is 0 Å². The third kappa shape index (κ3) is 4.29. The summed E-state index contributed by atoms with van der Waals surface area (Å²) in [7, 11) is 0. The van der Waals surface area contributed by atoms with Crippen LogP contribution in [0.15, 0.2) is 84.9 Å². The van der Waals surface area contributed by atoms with Crippen molar-refractivity contribution in [3.8, 4) is 22.3 Å². The van der Waals surface area contributed by atoms with Crippen molar-refractivity contribution < 1.29 is 66.2 Å². The van der Waals surface area contributed by atoms with Gasteiger partial charge >= 0.3 is 0 Å². The molecule has 2 heterocycles. The third-order valence-corrected chi connectivity index (χ3v) is 10.4. The summed E-state index contributed by atoms with van der Waals surface area (Å²) in [6.45, 7) is 0. The first-order valence-corrected chi connectivity index (χ1v) is 16.5. The second-order valence-corrected chi connectivity index (χ2v) is 13.1. The highest BCUT2D eigenvalue weighted by atomic mass is 19.2. The zero-order chi connectivity index (χ0) is 40.6. The van der Waals surface area contributed by atoms with E-state index in [0.717, 1.165) is 0 Å². The molecule has 0 aliphatic carbocycles. The van der Waals surface area contributed by atoms with E-state index in [-0.39, 0.29) is 21.9 Å². The second-order valence-electron chi connectivity index (χ2n) is 13.1. The number of benzene rings is 7. The van der Waals surface area contributed by atoms with Crippen LogP contribution < -0.4 is 0 Å². The van der Waals surface area contributed by atoms with Crippen LogP contribution in [0, 0.1) is 81.4 Å². The number of ether oxygens (including phenoxy) is 1. The van der Waals surface area contributed by atoms with Crippen LogP contribution in [-0.4, -0.2) is 0 Å². The molecule has 0 aromatic heterocycles. The molecular weight excluding hydrogens is 786 g/mol. The van der Waals surface area contributed by atoms with Crippen molar-refractivity contribution >= 4 is 10.8 Å². The van der Waals surface area contributed by atoms with Gasteiger partial charge in [0, 0.05) is 22.3 Å². The molecule has 0 saturated heterocycles. The van der Waals surface area contributed by atoms with Gasteiger partial charge in [0.05, 0.1) is 11.1 Å². The quantitative estimate of drug-likeness (QED) is 0.0979. The fourth-order valence-corrected chi connectivity index (χ4v) is 8.36. The van der Waals surface area contributed by atoms with Gasteiger partial charge in [-0.1, -0.05) is 84.9 Å². The van der Waals surface area contributed by atoms with Gasteiger partial charge in [-0.3, -0.25) is 0 Å². The van der Waals surface area contributed by atoms with Crippen LogP contribution in [0.1, 0.15) is 33.4 Å². The van der Waals surface area contributed by atoms with Crippen molar-refractivity contribution in [3.05, 3.63) is 200 Å². The fraction of sp³-hybridized carbons (Fsp3) is 0.0476. The van der Waals surface area contributed by atoms with Crippen LogP contribution in [0.4, 0.5) is 61.5 Å². The van der Waals surface area contributed by atoms with Crippen LogP contribution in [0.3, 0.4) is 0 Å². The maximum Gasteiger partial charge on any atom is 0.200 e. The molecule has 0 saturated carbocycles. The van der Waals surface area contributed by atoms with Gasteiger partial charge in [0.1, 0.15) is 0 Å². The van der Waals surface area contributed by atoms with Crippen molar-refractivity contribution in [2.75, 3.05) is 0 Å². The summed E-state index contributed by atoms with van der Waals surface area (Å²) in [4.78, 5) is 0. The lowest BCUT2D eigenvalue weighted by Gasteiger charge is -2.36. The summed E-state index contributed by atoms with van der Waals surface area (Å²) in [5.74, 6) is -38.5. The Balaban J connectivity index is 1.71. The van der Waals surface area contributed by atoms with Crippen molar-refractivity contribution in [1.29, 1.82) is 0 Å². The average molecular weight is 801 g/mol. The first-order valence-electron chi connectivity index (χ1n) is 16.5. The van der Waals surface area contributed by atoms with Crippen LogP contribution in [-0.2, 0) is 15.9 Å². The number of rotatable bonds is 4. The van der Waals surface area contributed by atoms with Crippen LogP contribution in [0.25, 0.3) is 33.0 Å². The minimum Gasteiger partial charge on any atom is -0.339 e. The minimum atomic E-state index is -4.01. The Bertz CT molecular complexity index is 2680. The van der Waals surface area contributed by atoms with Gasteiger partial charge in [-0.25, -0.2) is 61.5 Å². The van der Waals surface area contributed by atoms with Crippen molar-refractivity contribution in [3.63, 3.8) is 0 Å². The Labute approximate surface area is 310 Å². The number of fused-ring (bicyclic) bond motifs is 9.